The summed E-state index contributed by atoms with van der Waals surface area (Å²) in [4.78, 5) is 16.8. The fourth-order valence-corrected chi connectivity index (χ4v) is 4.86. The molecule has 1 amide bonds. The highest BCUT2D eigenvalue weighted by molar-refractivity contribution is 6.31. The number of aliphatic imine (C=N–C) groups is 1. The molecule has 3 rings (SSSR count). The predicted octanol–water partition coefficient (Wildman–Crippen LogP) is 7.73. The van der Waals surface area contributed by atoms with Gasteiger partial charge >= 0.3 is 0 Å². The summed E-state index contributed by atoms with van der Waals surface area (Å²) in [7, 11) is 0. The topological polar surface area (TPSA) is 70.9 Å². The molecule has 6 heteroatoms. The van der Waals surface area contributed by atoms with Crippen molar-refractivity contribution < 1.29 is 14.6 Å². The number of hydrogen-bond acceptors (Lipinski definition) is 4. The summed E-state index contributed by atoms with van der Waals surface area (Å²) in [6, 6.07) is 5.71. The molecular weight excluding hydrogens is 460 g/mol. The third-order valence-electron chi connectivity index (χ3n) is 6.83. The summed E-state index contributed by atoms with van der Waals surface area (Å²) >= 11 is 6.09. The largest absolute Gasteiger partial charge is 0.492 e. The van der Waals surface area contributed by atoms with Crippen LogP contribution in [0.15, 0.2) is 46.8 Å². The van der Waals surface area contributed by atoms with E-state index in [2.05, 4.69) is 31.1 Å². The number of nitrogens with one attached hydrogen (secondary N) is 1. The first-order valence-corrected chi connectivity index (χ1v) is 13.5. The van der Waals surface area contributed by atoms with E-state index in [4.69, 9.17) is 16.3 Å². The molecule has 0 bridgehead atoms. The van der Waals surface area contributed by atoms with E-state index in [1.165, 1.54) is 0 Å². The first kappa shape index (κ1) is 29.1. The molecule has 5 nitrogen and oxygen atoms in total. The zero-order valence-electron chi connectivity index (χ0n) is 22.1. The lowest BCUT2D eigenvalue weighted by Crippen LogP contribution is -2.38. The molecule has 0 aromatic heterocycles. The Morgan fingerprint density at radius 1 is 1.14 bits per heavy atom. The lowest BCUT2D eigenvalue weighted by Gasteiger charge is -2.36. The summed E-state index contributed by atoms with van der Waals surface area (Å²) in [5, 5.41) is 13.9. The highest BCUT2D eigenvalue weighted by Gasteiger charge is 2.45. The van der Waals surface area contributed by atoms with E-state index in [1.807, 2.05) is 44.2 Å². The van der Waals surface area contributed by atoms with E-state index < -0.39 is 5.60 Å². The second-order valence-corrected chi connectivity index (χ2v) is 9.87. The SMILES string of the molecule is CCCCC1(CCC)C(=O)Nc2ccc(Cl)cc21.C\C=C(/N=C/C(=C\C)OCCC)C1(O)CCC1. The van der Waals surface area contributed by atoms with E-state index in [9.17, 15) is 9.90 Å². The molecule has 1 saturated carbocycles. The Hall–Kier alpha value is -2.11. The zero-order chi connectivity index (χ0) is 25.9. The highest BCUT2D eigenvalue weighted by Crippen LogP contribution is 2.45. The number of unbranched alkanes of at least 4 members (excludes halogenated alkanes) is 1. The smallest absolute Gasteiger partial charge is 0.235 e. The highest BCUT2D eigenvalue weighted by atomic mass is 35.5. The van der Waals surface area contributed by atoms with E-state index in [-0.39, 0.29) is 11.3 Å². The number of amides is 1. The Bertz CT molecular complexity index is 934. The Balaban J connectivity index is 0.000000247. The number of fused-ring (bicyclic) bond motifs is 1. The Kier molecular flexibility index (Phi) is 11.5. The zero-order valence-corrected chi connectivity index (χ0v) is 22.9. The number of nitrogens with zero attached hydrogens (tertiary/aromatic N) is 1. The third-order valence-corrected chi connectivity index (χ3v) is 7.07. The van der Waals surface area contributed by atoms with Crippen LogP contribution in [0, 0.1) is 0 Å². The fourth-order valence-electron chi connectivity index (χ4n) is 4.69. The maximum absolute atomic E-state index is 12.4. The summed E-state index contributed by atoms with van der Waals surface area (Å²) in [5.41, 5.74) is 1.73. The van der Waals surface area contributed by atoms with E-state index >= 15 is 0 Å². The second-order valence-electron chi connectivity index (χ2n) is 9.44. The lowest BCUT2D eigenvalue weighted by atomic mass is 9.74. The molecule has 2 aliphatic rings. The van der Waals surface area contributed by atoms with Crippen LogP contribution < -0.4 is 5.32 Å². The normalized spacial score (nSPS) is 21.2. The molecule has 0 spiro atoms. The van der Waals surface area contributed by atoms with Gasteiger partial charge in [-0.05, 0) is 82.2 Å². The first-order valence-electron chi connectivity index (χ1n) is 13.1. The summed E-state index contributed by atoms with van der Waals surface area (Å²) in [6.07, 6.45) is 14.1. The summed E-state index contributed by atoms with van der Waals surface area (Å²) in [5.74, 6) is 0.907. The molecule has 35 heavy (non-hydrogen) atoms. The van der Waals surface area contributed by atoms with Gasteiger partial charge in [-0.2, -0.15) is 0 Å². The van der Waals surface area contributed by atoms with E-state index in [0.29, 0.717) is 11.6 Å². The van der Waals surface area contributed by atoms with Gasteiger partial charge in [0.05, 0.1) is 23.9 Å². The number of benzene rings is 1. The molecular formula is C29H43ClN2O3. The first-order chi connectivity index (χ1) is 16.8. The molecule has 0 saturated heterocycles. The van der Waals surface area contributed by atoms with Crippen LogP contribution in [0.3, 0.4) is 0 Å². The minimum Gasteiger partial charge on any atom is -0.492 e. The maximum atomic E-state index is 12.4. The van der Waals surface area contributed by atoms with Crippen LogP contribution in [0.25, 0.3) is 0 Å². The number of aliphatic hydroxyl groups is 1. The van der Waals surface area contributed by atoms with Crippen LogP contribution in [-0.4, -0.2) is 29.4 Å². The minimum atomic E-state index is -0.700. The van der Waals surface area contributed by atoms with Gasteiger partial charge in [0.15, 0.2) is 0 Å². The van der Waals surface area contributed by atoms with Crippen molar-refractivity contribution in [2.24, 2.45) is 4.99 Å². The van der Waals surface area contributed by atoms with Crippen molar-refractivity contribution >= 4 is 29.4 Å². The van der Waals surface area contributed by atoms with Gasteiger partial charge in [-0.15, -0.1) is 0 Å². The maximum Gasteiger partial charge on any atom is 0.235 e. The number of carbonyl (C=O) groups is 1. The van der Waals surface area contributed by atoms with Gasteiger partial charge in [-0.25, -0.2) is 0 Å². The number of hydrogen-bond donors (Lipinski definition) is 2. The molecule has 1 heterocycles. The van der Waals surface area contributed by atoms with Crippen LogP contribution in [0.1, 0.15) is 98.0 Å². The Morgan fingerprint density at radius 2 is 1.89 bits per heavy atom. The number of anilines is 1. The van der Waals surface area contributed by atoms with Gasteiger partial charge < -0.3 is 15.2 Å². The average molecular weight is 503 g/mol. The fraction of sp³-hybridized carbons (Fsp3) is 0.586. The average Bonchev–Trinajstić information content (AvgIpc) is 3.10. The molecule has 1 atom stereocenters. The molecule has 1 aromatic rings. The van der Waals surface area contributed by atoms with Crippen LogP contribution in [0.5, 0.6) is 0 Å². The monoisotopic (exact) mass is 502 g/mol. The van der Waals surface area contributed by atoms with E-state index in [0.717, 1.165) is 80.5 Å². The van der Waals surface area contributed by atoms with Gasteiger partial charge in [0, 0.05) is 10.7 Å². The molecule has 1 unspecified atom stereocenters. The van der Waals surface area contributed by atoms with Crippen LogP contribution in [0.4, 0.5) is 5.69 Å². The van der Waals surface area contributed by atoms with Crippen molar-refractivity contribution in [3.8, 4) is 0 Å². The third kappa shape index (κ3) is 7.20. The molecule has 0 radical (unpaired) electrons. The van der Waals surface area contributed by atoms with Crippen molar-refractivity contribution in [1.82, 2.24) is 0 Å². The minimum absolute atomic E-state index is 0.148. The van der Waals surface area contributed by atoms with Crippen molar-refractivity contribution in [3.63, 3.8) is 0 Å². The lowest BCUT2D eigenvalue weighted by molar-refractivity contribution is -0.121. The predicted molar refractivity (Wildman–Crippen MR) is 147 cm³/mol. The van der Waals surface area contributed by atoms with Crippen molar-refractivity contribution in [2.45, 2.75) is 103 Å². The van der Waals surface area contributed by atoms with Crippen molar-refractivity contribution in [2.75, 3.05) is 11.9 Å². The number of ether oxygens (including phenoxy) is 1. The van der Waals surface area contributed by atoms with Crippen LogP contribution in [0.2, 0.25) is 5.02 Å². The second kappa shape index (κ2) is 13.8. The van der Waals surface area contributed by atoms with E-state index in [1.54, 1.807) is 6.21 Å². The molecule has 2 N–H and O–H groups in total. The Labute approximate surface area is 216 Å². The number of halogens is 1. The van der Waals surface area contributed by atoms with Crippen LogP contribution in [-0.2, 0) is 14.9 Å². The van der Waals surface area contributed by atoms with Gasteiger partial charge in [-0.3, -0.25) is 9.79 Å². The number of rotatable bonds is 11. The number of carbonyl (C=O) groups excluding carboxylic acids is 1. The molecule has 1 aliphatic heterocycles. The van der Waals surface area contributed by atoms with Gasteiger partial charge in [0.2, 0.25) is 5.91 Å². The summed E-state index contributed by atoms with van der Waals surface area (Å²) in [6.45, 7) is 10.9. The Morgan fingerprint density at radius 3 is 2.43 bits per heavy atom. The molecule has 1 fully saturated rings. The molecule has 1 aliphatic carbocycles. The van der Waals surface area contributed by atoms with Gasteiger partial charge in [0.25, 0.3) is 0 Å². The number of allylic oxidation sites excluding steroid dienone is 3. The molecule has 194 valence electrons. The van der Waals surface area contributed by atoms with Crippen LogP contribution >= 0.6 is 11.6 Å². The van der Waals surface area contributed by atoms with Gasteiger partial charge in [0.1, 0.15) is 11.4 Å². The quantitative estimate of drug-likeness (QED) is 0.240. The molecule has 1 aromatic carbocycles. The standard InChI is InChI=1S/C15H20ClNO.C14H23NO2/c1-3-5-9-15(8-4-2)12-10-11(16)6-7-13(12)17-14(15)18;1-4-10-17-12(5-2)11-15-13(6-3)14(16)8-7-9-14/h6-7,10H,3-5,8-9H2,1-2H3,(H,17,18);5-6,11,16H,4,7-10H2,1-3H3/b;12-5+,13-6-,15-11+. The van der Waals surface area contributed by atoms with Crippen molar-refractivity contribution in [1.29, 1.82) is 0 Å². The summed E-state index contributed by atoms with van der Waals surface area (Å²) < 4.78 is 5.50. The van der Waals surface area contributed by atoms with Crippen molar-refractivity contribution in [3.05, 3.63) is 52.4 Å². The van der Waals surface area contributed by atoms with Gasteiger partial charge in [-0.1, -0.05) is 57.7 Å².